The number of aromatic carboxylic acids is 1. The van der Waals surface area contributed by atoms with Crippen LogP contribution in [0.1, 0.15) is 10.4 Å². The molecule has 0 bridgehead atoms. The van der Waals surface area contributed by atoms with Gasteiger partial charge >= 0.3 is 5.97 Å². The highest BCUT2D eigenvalue weighted by molar-refractivity contribution is 5.90. The first-order chi connectivity index (χ1) is 7.77. The predicted octanol–water partition coefficient (Wildman–Crippen LogP) is 1.97. The van der Waals surface area contributed by atoms with Gasteiger partial charge in [-0.2, -0.15) is 0 Å². The van der Waals surface area contributed by atoms with Crippen molar-refractivity contribution in [3.63, 3.8) is 0 Å². The molecule has 0 saturated heterocycles. The van der Waals surface area contributed by atoms with Gasteiger partial charge in [-0.3, -0.25) is 4.98 Å². The molecular weight excluding hydrogens is 208 g/mol. The summed E-state index contributed by atoms with van der Waals surface area (Å²) in [7, 11) is 0. The molecule has 0 aliphatic carbocycles. The molecule has 5 nitrogen and oxygen atoms in total. The zero-order chi connectivity index (χ0) is 11.4. The standard InChI is InChI=1S/C11H8N2O3/c14-11(15)9-2-1-5-13-10(9)16-8-3-6-12-7-4-8/h1-7H,(H,14,15). The molecule has 80 valence electrons. The largest absolute Gasteiger partial charge is 0.477 e. The fourth-order valence-electron chi connectivity index (χ4n) is 1.15. The van der Waals surface area contributed by atoms with Gasteiger partial charge in [0.05, 0.1) is 0 Å². The topological polar surface area (TPSA) is 72.3 Å². The minimum Gasteiger partial charge on any atom is -0.477 e. The molecule has 2 rings (SSSR count). The number of hydrogen-bond acceptors (Lipinski definition) is 4. The van der Waals surface area contributed by atoms with Gasteiger partial charge in [-0.15, -0.1) is 0 Å². The van der Waals surface area contributed by atoms with E-state index in [1.54, 1.807) is 30.6 Å². The van der Waals surface area contributed by atoms with Crippen molar-refractivity contribution < 1.29 is 14.6 Å². The zero-order valence-electron chi connectivity index (χ0n) is 8.20. The summed E-state index contributed by atoms with van der Waals surface area (Å²) in [5.74, 6) is -0.505. The maximum Gasteiger partial charge on any atom is 0.341 e. The van der Waals surface area contributed by atoms with Gasteiger partial charge < -0.3 is 9.84 Å². The van der Waals surface area contributed by atoms with E-state index in [0.717, 1.165) is 0 Å². The molecule has 0 atom stereocenters. The number of ether oxygens (including phenoxy) is 1. The number of carboxylic acid groups (broad SMARTS) is 1. The smallest absolute Gasteiger partial charge is 0.341 e. The Bertz CT molecular complexity index is 500. The average molecular weight is 216 g/mol. The molecule has 0 spiro atoms. The molecule has 2 aromatic rings. The van der Waals surface area contributed by atoms with E-state index >= 15 is 0 Å². The van der Waals surface area contributed by atoms with Crippen LogP contribution in [0.4, 0.5) is 0 Å². The van der Waals surface area contributed by atoms with Crippen LogP contribution in [0.5, 0.6) is 11.6 Å². The van der Waals surface area contributed by atoms with Crippen LogP contribution in [0.3, 0.4) is 0 Å². The highest BCUT2D eigenvalue weighted by Gasteiger charge is 2.12. The second kappa shape index (κ2) is 4.39. The fraction of sp³-hybridized carbons (Fsp3) is 0. The van der Waals surface area contributed by atoms with E-state index in [2.05, 4.69) is 9.97 Å². The van der Waals surface area contributed by atoms with Crippen molar-refractivity contribution in [2.75, 3.05) is 0 Å². The second-order valence-electron chi connectivity index (χ2n) is 2.95. The SMILES string of the molecule is O=C(O)c1cccnc1Oc1ccncc1. The lowest BCUT2D eigenvalue weighted by Gasteiger charge is -2.06. The Morgan fingerprint density at radius 2 is 1.94 bits per heavy atom. The van der Waals surface area contributed by atoms with Crippen LogP contribution < -0.4 is 4.74 Å². The number of carboxylic acids is 1. The van der Waals surface area contributed by atoms with Crippen molar-refractivity contribution in [3.8, 4) is 11.6 Å². The summed E-state index contributed by atoms with van der Waals surface area (Å²) >= 11 is 0. The normalized spacial score (nSPS) is 9.75. The Labute approximate surface area is 91.4 Å². The van der Waals surface area contributed by atoms with Crippen LogP contribution in [0, 0.1) is 0 Å². The van der Waals surface area contributed by atoms with E-state index < -0.39 is 5.97 Å². The third-order valence-corrected chi connectivity index (χ3v) is 1.87. The van der Waals surface area contributed by atoms with Gasteiger partial charge in [-0.05, 0) is 24.3 Å². The average Bonchev–Trinajstić information content (AvgIpc) is 2.31. The highest BCUT2D eigenvalue weighted by atomic mass is 16.5. The molecule has 0 unspecified atom stereocenters. The summed E-state index contributed by atoms with van der Waals surface area (Å²) in [6, 6.07) is 6.23. The van der Waals surface area contributed by atoms with Gasteiger partial charge in [0.2, 0.25) is 5.88 Å². The molecular formula is C11H8N2O3. The third kappa shape index (κ3) is 2.14. The van der Waals surface area contributed by atoms with E-state index in [-0.39, 0.29) is 11.4 Å². The number of hydrogen-bond donors (Lipinski definition) is 1. The minimum absolute atomic E-state index is 0.0271. The van der Waals surface area contributed by atoms with Gasteiger partial charge in [-0.1, -0.05) is 0 Å². The van der Waals surface area contributed by atoms with Gasteiger partial charge in [0, 0.05) is 18.6 Å². The summed E-state index contributed by atoms with van der Waals surface area (Å²) < 4.78 is 5.34. The van der Waals surface area contributed by atoms with Gasteiger partial charge in [0.1, 0.15) is 11.3 Å². The molecule has 5 heteroatoms. The maximum absolute atomic E-state index is 10.9. The van der Waals surface area contributed by atoms with Crippen molar-refractivity contribution in [1.82, 2.24) is 9.97 Å². The monoisotopic (exact) mass is 216 g/mol. The molecule has 0 saturated carbocycles. The molecule has 1 N–H and O–H groups in total. The van der Waals surface area contributed by atoms with Crippen LogP contribution in [-0.2, 0) is 0 Å². The van der Waals surface area contributed by atoms with E-state index in [1.165, 1.54) is 12.3 Å². The van der Waals surface area contributed by atoms with Crippen LogP contribution in [0.2, 0.25) is 0 Å². The Kier molecular flexibility index (Phi) is 2.77. The number of rotatable bonds is 3. The van der Waals surface area contributed by atoms with Crippen molar-refractivity contribution in [2.45, 2.75) is 0 Å². The van der Waals surface area contributed by atoms with Crippen LogP contribution in [0.15, 0.2) is 42.9 Å². The number of carbonyl (C=O) groups is 1. The molecule has 0 aromatic carbocycles. The lowest BCUT2D eigenvalue weighted by molar-refractivity contribution is 0.0693. The summed E-state index contributed by atoms with van der Waals surface area (Å²) in [6.45, 7) is 0. The summed E-state index contributed by atoms with van der Waals surface area (Å²) in [5.41, 5.74) is 0.0271. The van der Waals surface area contributed by atoms with Crippen LogP contribution >= 0.6 is 0 Å². The predicted molar refractivity (Wildman–Crippen MR) is 55.5 cm³/mol. The van der Waals surface area contributed by atoms with E-state index in [4.69, 9.17) is 9.84 Å². The summed E-state index contributed by atoms with van der Waals surface area (Å²) in [6.07, 6.45) is 4.58. The van der Waals surface area contributed by atoms with Gasteiger partial charge in [-0.25, -0.2) is 9.78 Å². The Hall–Kier alpha value is -2.43. The molecule has 0 radical (unpaired) electrons. The lowest BCUT2D eigenvalue weighted by atomic mass is 10.3. The van der Waals surface area contributed by atoms with E-state index in [0.29, 0.717) is 5.75 Å². The number of aromatic nitrogens is 2. The summed E-state index contributed by atoms with van der Waals surface area (Å²) in [4.78, 5) is 18.6. The van der Waals surface area contributed by atoms with Gasteiger partial charge in [0.25, 0.3) is 0 Å². The third-order valence-electron chi connectivity index (χ3n) is 1.87. The Morgan fingerprint density at radius 1 is 1.19 bits per heavy atom. The number of nitrogens with zero attached hydrogens (tertiary/aromatic N) is 2. The second-order valence-corrected chi connectivity index (χ2v) is 2.95. The molecule has 2 heterocycles. The van der Waals surface area contributed by atoms with Crippen LogP contribution in [-0.4, -0.2) is 21.0 Å². The molecule has 0 fully saturated rings. The molecule has 2 aromatic heterocycles. The lowest BCUT2D eigenvalue weighted by Crippen LogP contribution is -2.01. The fourth-order valence-corrected chi connectivity index (χ4v) is 1.15. The van der Waals surface area contributed by atoms with E-state index in [1.807, 2.05) is 0 Å². The Balaban J connectivity index is 2.31. The maximum atomic E-state index is 10.9. The zero-order valence-corrected chi connectivity index (χ0v) is 8.20. The van der Waals surface area contributed by atoms with Crippen LogP contribution in [0.25, 0.3) is 0 Å². The van der Waals surface area contributed by atoms with Crippen molar-refractivity contribution >= 4 is 5.97 Å². The van der Waals surface area contributed by atoms with Crippen molar-refractivity contribution in [1.29, 1.82) is 0 Å². The molecule has 0 amide bonds. The minimum atomic E-state index is -1.07. The first-order valence-electron chi connectivity index (χ1n) is 4.53. The molecule has 0 aliphatic heterocycles. The molecule has 0 aliphatic rings. The Morgan fingerprint density at radius 3 is 2.62 bits per heavy atom. The first-order valence-corrected chi connectivity index (χ1v) is 4.53. The summed E-state index contributed by atoms with van der Waals surface area (Å²) in [5, 5.41) is 8.91. The van der Waals surface area contributed by atoms with Crippen molar-refractivity contribution in [3.05, 3.63) is 48.4 Å². The van der Waals surface area contributed by atoms with Crippen molar-refractivity contribution in [2.24, 2.45) is 0 Å². The van der Waals surface area contributed by atoms with E-state index in [9.17, 15) is 4.79 Å². The highest BCUT2D eigenvalue weighted by Crippen LogP contribution is 2.21. The molecule has 16 heavy (non-hydrogen) atoms. The quantitative estimate of drug-likeness (QED) is 0.849. The van der Waals surface area contributed by atoms with Gasteiger partial charge in [0.15, 0.2) is 0 Å². The first kappa shape index (κ1) is 10.1. The number of pyridine rings is 2.